The number of nitrogens with two attached hydrogens (primary N) is 1. The van der Waals surface area contributed by atoms with Gasteiger partial charge in [-0.15, -0.1) is 0 Å². The number of aryl methyl sites for hydroxylation is 1. The van der Waals surface area contributed by atoms with Gasteiger partial charge in [-0.3, -0.25) is 4.68 Å². The standard InChI is InChI=1S/C18H27N3/c1-6-13(7-2)17-16(18(19)21(5)20-17)15-10-8-14(9-11-15)12(3)4/h8-13H,6-7,19H2,1-5H3. The lowest BCUT2D eigenvalue weighted by Gasteiger charge is -2.13. The molecule has 0 spiro atoms. The van der Waals surface area contributed by atoms with Gasteiger partial charge in [0.15, 0.2) is 0 Å². The molecule has 1 aromatic carbocycles. The van der Waals surface area contributed by atoms with E-state index in [1.807, 2.05) is 7.05 Å². The largest absolute Gasteiger partial charge is 0.383 e. The fourth-order valence-corrected chi connectivity index (χ4v) is 2.85. The molecule has 0 aliphatic carbocycles. The summed E-state index contributed by atoms with van der Waals surface area (Å²) in [7, 11) is 1.92. The molecule has 2 aromatic rings. The summed E-state index contributed by atoms with van der Waals surface area (Å²) in [5.41, 5.74) is 11.1. The van der Waals surface area contributed by atoms with Gasteiger partial charge in [-0.1, -0.05) is 52.0 Å². The van der Waals surface area contributed by atoms with Gasteiger partial charge in [0.2, 0.25) is 0 Å². The van der Waals surface area contributed by atoms with Gasteiger partial charge in [0.05, 0.1) is 5.69 Å². The Kier molecular flexibility index (Phi) is 4.71. The lowest BCUT2D eigenvalue weighted by molar-refractivity contribution is 0.606. The molecule has 0 radical (unpaired) electrons. The molecule has 0 aliphatic rings. The highest BCUT2D eigenvalue weighted by atomic mass is 15.3. The van der Waals surface area contributed by atoms with Crippen molar-refractivity contribution in [1.29, 1.82) is 0 Å². The first-order valence-electron chi connectivity index (χ1n) is 7.92. The minimum atomic E-state index is 0.466. The van der Waals surface area contributed by atoms with Crippen molar-refractivity contribution in [3.63, 3.8) is 0 Å². The van der Waals surface area contributed by atoms with Crippen molar-refractivity contribution < 1.29 is 0 Å². The molecule has 0 unspecified atom stereocenters. The average molecular weight is 285 g/mol. The SMILES string of the molecule is CCC(CC)c1nn(C)c(N)c1-c1ccc(C(C)C)cc1. The van der Waals surface area contributed by atoms with Crippen molar-refractivity contribution in [2.75, 3.05) is 5.73 Å². The molecule has 0 bridgehead atoms. The van der Waals surface area contributed by atoms with Gasteiger partial charge in [0.25, 0.3) is 0 Å². The third-order valence-electron chi connectivity index (χ3n) is 4.36. The molecule has 0 aliphatic heterocycles. The van der Waals surface area contributed by atoms with Gasteiger partial charge in [-0.25, -0.2) is 0 Å². The minimum Gasteiger partial charge on any atom is -0.383 e. The minimum absolute atomic E-state index is 0.466. The highest BCUT2D eigenvalue weighted by Crippen LogP contribution is 2.36. The molecule has 3 heteroatoms. The van der Waals surface area contributed by atoms with Crippen molar-refractivity contribution >= 4 is 5.82 Å². The summed E-state index contributed by atoms with van der Waals surface area (Å²) in [5.74, 6) is 1.77. The Morgan fingerprint density at radius 3 is 2.14 bits per heavy atom. The Bertz CT molecular complexity index is 590. The highest BCUT2D eigenvalue weighted by Gasteiger charge is 2.21. The van der Waals surface area contributed by atoms with E-state index in [1.54, 1.807) is 4.68 Å². The van der Waals surface area contributed by atoms with Gasteiger partial charge >= 0.3 is 0 Å². The fraction of sp³-hybridized carbons (Fsp3) is 0.500. The van der Waals surface area contributed by atoms with E-state index >= 15 is 0 Å². The number of nitrogens with zero attached hydrogens (tertiary/aromatic N) is 2. The Hall–Kier alpha value is -1.77. The molecule has 3 nitrogen and oxygen atoms in total. The predicted molar refractivity (Wildman–Crippen MR) is 90.5 cm³/mol. The van der Waals surface area contributed by atoms with Crippen LogP contribution in [0.4, 0.5) is 5.82 Å². The summed E-state index contributed by atoms with van der Waals surface area (Å²) < 4.78 is 1.80. The van der Waals surface area contributed by atoms with Gasteiger partial charge in [0, 0.05) is 18.5 Å². The quantitative estimate of drug-likeness (QED) is 0.865. The molecule has 0 saturated carbocycles. The van der Waals surface area contributed by atoms with Crippen molar-refractivity contribution in [3.05, 3.63) is 35.5 Å². The zero-order valence-electron chi connectivity index (χ0n) is 13.9. The molecule has 2 rings (SSSR count). The van der Waals surface area contributed by atoms with Crippen LogP contribution in [0.15, 0.2) is 24.3 Å². The van der Waals surface area contributed by atoms with E-state index in [0.717, 1.165) is 29.9 Å². The summed E-state index contributed by atoms with van der Waals surface area (Å²) in [6.45, 7) is 8.85. The first-order valence-corrected chi connectivity index (χ1v) is 7.92. The summed E-state index contributed by atoms with van der Waals surface area (Å²) >= 11 is 0. The number of nitrogen functional groups attached to an aromatic ring is 1. The van der Waals surface area contributed by atoms with Gasteiger partial charge in [-0.05, 0) is 29.9 Å². The van der Waals surface area contributed by atoms with Crippen LogP contribution in [0.5, 0.6) is 0 Å². The van der Waals surface area contributed by atoms with Crippen LogP contribution in [-0.2, 0) is 7.05 Å². The van der Waals surface area contributed by atoms with Gasteiger partial charge in [-0.2, -0.15) is 5.10 Å². The van der Waals surface area contributed by atoms with Crippen LogP contribution in [0.1, 0.15) is 63.6 Å². The van der Waals surface area contributed by atoms with E-state index in [4.69, 9.17) is 5.73 Å². The molecule has 1 aromatic heterocycles. The monoisotopic (exact) mass is 285 g/mol. The van der Waals surface area contributed by atoms with Crippen LogP contribution in [0, 0.1) is 0 Å². The molecule has 21 heavy (non-hydrogen) atoms. The predicted octanol–water partition coefficient (Wildman–Crippen LogP) is 4.70. The van der Waals surface area contributed by atoms with Crippen LogP contribution in [-0.4, -0.2) is 9.78 Å². The molecule has 1 heterocycles. The Balaban J connectivity index is 2.51. The van der Waals surface area contributed by atoms with Crippen LogP contribution < -0.4 is 5.73 Å². The second kappa shape index (κ2) is 6.33. The van der Waals surface area contributed by atoms with E-state index in [0.29, 0.717) is 11.8 Å². The maximum Gasteiger partial charge on any atom is 0.129 e. The fourth-order valence-electron chi connectivity index (χ4n) is 2.85. The van der Waals surface area contributed by atoms with Crippen LogP contribution >= 0.6 is 0 Å². The molecule has 0 fully saturated rings. The van der Waals surface area contributed by atoms with Crippen molar-refractivity contribution in [2.24, 2.45) is 7.05 Å². The molecule has 2 N–H and O–H groups in total. The number of aromatic nitrogens is 2. The lowest BCUT2D eigenvalue weighted by atomic mass is 9.92. The first-order chi connectivity index (χ1) is 9.99. The maximum atomic E-state index is 6.28. The number of rotatable bonds is 5. The summed E-state index contributed by atoms with van der Waals surface area (Å²) in [6, 6.07) is 8.75. The normalized spacial score (nSPS) is 11.6. The second-order valence-electron chi connectivity index (χ2n) is 6.06. The third kappa shape index (κ3) is 2.97. The van der Waals surface area contributed by atoms with E-state index in [2.05, 4.69) is 57.1 Å². The zero-order valence-corrected chi connectivity index (χ0v) is 13.9. The lowest BCUT2D eigenvalue weighted by Crippen LogP contribution is -2.00. The summed E-state index contributed by atoms with van der Waals surface area (Å²) in [5, 5.41) is 4.68. The van der Waals surface area contributed by atoms with E-state index in [1.165, 1.54) is 11.1 Å². The molecular weight excluding hydrogens is 258 g/mol. The third-order valence-corrected chi connectivity index (χ3v) is 4.36. The molecule has 114 valence electrons. The molecule has 0 saturated heterocycles. The molecule has 0 atom stereocenters. The summed E-state index contributed by atoms with van der Waals surface area (Å²) in [4.78, 5) is 0. The number of benzene rings is 1. The Morgan fingerprint density at radius 1 is 1.10 bits per heavy atom. The van der Waals surface area contributed by atoms with Crippen LogP contribution in [0.25, 0.3) is 11.1 Å². The van der Waals surface area contributed by atoms with Gasteiger partial charge in [0.1, 0.15) is 5.82 Å². The van der Waals surface area contributed by atoms with Crippen molar-refractivity contribution in [3.8, 4) is 11.1 Å². The van der Waals surface area contributed by atoms with Crippen molar-refractivity contribution in [2.45, 2.75) is 52.4 Å². The Labute approximate surface area is 128 Å². The second-order valence-corrected chi connectivity index (χ2v) is 6.06. The van der Waals surface area contributed by atoms with Crippen LogP contribution in [0.2, 0.25) is 0 Å². The number of anilines is 1. The van der Waals surface area contributed by atoms with E-state index in [9.17, 15) is 0 Å². The zero-order chi connectivity index (χ0) is 15.6. The first kappa shape index (κ1) is 15.6. The maximum absolute atomic E-state index is 6.28. The number of hydrogen-bond acceptors (Lipinski definition) is 2. The average Bonchev–Trinajstić information content (AvgIpc) is 2.76. The van der Waals surface area contributed by atoms with Crippen LogP contribution in [0.3, 0.4) is 0 Å². The van der Waals surface area contributed by atoms with E-state index < -0.39 is 0 Å². The molecule has 0 amide bonds. The highest BCUT2D eigenvalue weighted by molar-refractivity contribution is 5.77. The Morgan fingerprint density at radius 2 is 1.67 bits per heavy atom. The topological polar surface area (TPSA) is 43.8 Å². The van der Waals surface area contributed by atoms with Gasteiger partial charge < -0.3 is 5.73 Å². The van der Waals surface area contributed by atoms with E-state index in [-0.39, 0.29) is 0 Å². The smallest absolute Gasteiger partial charge is 0.129 e. The van der Waals surface area contributed by atoms with Crippen molar-refractivity contribution in [1.82, 2.24) is 9.78 Å². The molecular formula is C18H27N3. The summed E-state index contributed by atoms with van der Waals surface area (Å²) in [6.07, 6.45) is 2.17. The number of hydrogen-bond donors (Lipinski definition) is 1.